The SMILES string of the molecule is CC(C)NCC1CCC(COCCC2CC2)O1. The van der Waals surface area contributed by atoms with Gasteiger partial charge in [-0.3, -0.25) is 0 Å². The third-order valence-corrected chi connectivity index (χ3v) is 3.62. The fourth-order valence-corrected chi connectivity index (χ4v) is 2.29. The molecule has 0 aromatic heterocycles. The summed E-state index contributed by atoms with van der Waals surface area (Å²) in [5.74, 6) is 0.975. The molecule has 0 aromatic rings. The Bertz CT molecular complexity index is 216. The number of ether oxygens (including phenoxy) is 2. The minimum absolute atomic E-state index is 0.341. The minimum Gasteiger partial charge on any atom is -0.379 e. The molecule has 2 atom stereocenters. The van der Waals surface area contributed by atoms with Crippen LogP contribution in [0, 0.1) is 5.92 Å². The average molecular weight is 241 g/mol. The van der Waals surface area contributed by atoms with Gasteiger partial charge in [0.1, 0.15) is 0 Å². The average Bonchev–Trinajstić information content (AvgIpc) is 3.01. The molecule has 1 saturated carbocycles. The van der Waals surface area contributed by atoms with Crippen molar-refractivity contribution in [3.8, 4) is 0 Å². The molecule has 0 aromatic carbocycles. The summed E-state index contributed by atoms with van der Waals surface area (Å²) in [6.45, 7) is 7.06. The molecular weight excluding hydrogens is 214 g/mol. The quantitative estimate of drug-likeness (QED) is 0.662. The molecule has 2 rings (SSSR count). The van der Waals surface area contributed by atoms with Crippen molar-refractivity contribution in [3.05, 3.63) is 0 Å². The molecule has 0 spiro atoms. The van der Waals surface area contributed by atoms with E-state index in [9.17, 15) is 0 Å². The standard InChI is InChI=1S/C14H27NO2/c1-11(2)15-9-13-5-6-14(17-13)10-16-8-7-12-3-4-12/h11-15H,3-10H2,1-2H3. The molecule has 3 nitrogen and oxygen atoms in total. The van der Waals surface area contributed by atoms with Gasteiger partial charge in [0.2, 0.25) is 0 Å². The summed E-state index contributed by atoms with van der Waals surface area (Å²) in [5.41, 5.74) is 0. The maximum absolute atomic E-state index is 5.95. The molecule has 1 N–H and O–H groups in total. The molecule has 1 aliphatic heterocycles. The Labute approximate surface area is 105 Å². The Morgan fingerprint density at radius 1 is 1.18 bits per heavy atom. The van der Waals surface area contributed by atoms with E-state index >= 15 is 0 Å². The van der Waals surface area contributed by atoms with Crippen LogP contribution in [0.2, 0.25) is 0 Å². The van der Waals surface area contributed by atoms with Gasteiger partial charge in [-0.25, -0.2) is 0 Å². The number of hydrogen-bond donors (Lipinski definition) is 1. The molecule has 17 heavy (non-hydrogen) atoms. The van der Waals surface area contributed by atoms with E-state index in [1.54, 1.807) is 0 Å². The van der Waals surface area contributed by atoms with Gasteiger partial charge in [0.05, 0.1) is 18.8 Å². The van der Waals surface area contributed by atoms with Crippen LogP contribution in [-0.4, -0.2) is 38.0 Å². The van der Waals surface area contributed by atoms with Crippen LogP contribution in [-0.2, 0) is 9.47 Å². The largest absolute Gasteiger partial charge is 0.379 e. The lowest BCUT2D eigenvalue weighted by molar-refractivity contribution is -0.0157. The molecule has 0 radical (unpaired) electrons. The lowest BCUT2D eigenvalue weighted by Gasteiger charge is -2.16. The van der Waals surface area contributed by atoms with E-state index in [0.29, 0.717) is 18.2 Å². The fraction of sp³-hybridized carbons (Fsp3) is 1.00. The maximum atomic E-state index is 5.95. The van der Waals surface area contributed by atoms with Gasteiger partial charge in [-0.1, -0.05) is 26.7 Å². The second kappa shape index (κ2) is 6.72. The van der Waals surface area contributed by atoms with Gasteiger partial charge in [0.25, 0.3) is 0 Å². The molecule has 0 bridgehead atoms. The molecule has 1 aliphatic carbocycles. The third-order valence-electron chi connectivity index (χ3n) is 3.62. The van der Waals surface area contributed by atoms with Crippen molar-refractivity contribution in [2.45, 2.75) is 64.2 Å². The van der Waals surface area contributed by atoms with Crippen molar-refractivity contribution in [3.63, 3.8) is 0 Å². The Hall–Kier alpha value is -0.120. The van der Waals surface area contributed by atoms with Gasteiger partial charge in [-0.15, -0.1) is 0 Å². The molecule has 100 valence electrons. The summed E-state index contributed by atoms with van der Waals surface area (Å²) in [5, 5.41) is 3.43. The van der Waals surface area contributed by atoms with E-state index in [1.165, 1.54) is 25.7 Å². The van der Waals surface area contributed by atoms with Crippen LogP contribution in [0.1, 0.15) is 46.0 Å². The number of nitrogens with one attached hydrogen (secondary N) is 1. The Morgan fingerprint density at radius 2 is 1.94 bits per heavy atom. The van der Waals surface area contributed by atoms with Gasteiger partial charge >= 0.3 is 0 Å². The van der Waals surface area contributed by atoms with Gasteiger partial charge < -0.3 is 14.8 Å². The Balaban J connectivity index is 1.48. The molecular formula is C14H27NO2. The Kier molecular flexibility index (Phi) is 5.26. The lowest BCUT2D eigenvalue weighted by Crippen LogP contribution is -2.32. The smallest absolute Gasteiger partial charge is 0.0813 e. The lowest BCUT2D eigenvalue weighted by atomic mass is 10.2. The first-order chi connectivity index (χ1) is 8.24. The first kappa shape index (κ1) is 13.3. The van der Waals surface area contributed by atoms with Gasteiger partial charge in [0.15, 0.2) is 0 Å². The summed E-state index contributed by atoms with van der Waals surface area (Å²) in [6, 6.07) is 0.549. The van der Waals surface area contributed by atoms with Crippen molar-refractivity contribution < 1.29 is 9.47 Å². The summed E-state index contributed by atoms with van der Waals surface area (Å²) < 4.78 is 11.6. The molecule has 2 aliphatic rings. The first-order valence-electron chi connectivity index (χ1n) is 7.20. The second-order valence-corrected chi connectivity index (χ2v) is 5.83. The Morgan fingerprint density at radius 3 is 2.65 bits per heavy atom. The highest BCUT2D eigenvalue weighted by molar-refractivity contribution is 4.76. The zero-order valence-corrected chi connectivity index (χ0v) is 11.3. The van der Waals surface area contributed by atoms with Gasteiger partial charge in [-0.05, 0) is 25.2 Å². The summed E-state index contributed by atoms with van der Waals surface area (Å²) in [4.78, 5) is 0. The van der Waals surface area contributed by atoms with E-state index in [2.05, 4.69) is 19.2 Å². The van der Waals surface area contributed by atoms with Crippen LogP contribution in [0.4, 0.5) is 0 Å². The van der Waals surface area contributed by atoms with Crippen molar-refractivity contribution >= 4 is 0 Å². The van der Waals surface area contributed by atoms with E-state index in [1.807, 2.05) is 0 Å². The van der Waals surface area contributed by atoms with E-state index in [-0.39, 0.29) is 0 Å². The van der Waals surface area contributed by atoms with Gasteiger partial charge in [0, 0.05) is 19.2 Å². The summed E-state index contributed by atoms with van der Waals surface area (Å²) in [6.07, 6.45) is 7.18. The fourth-order valence-electron chi connectivity index (χ4n) is 2.29. The minimum atomic E-state index is 0.341. The molecule has 1 saturated heterocycles. The van der Waals surface area contributed by atoms with Crippen LogP contribution < -0.4 is 5.32 Å². The monoisotopic (exact) mass is 241 g/mol. The molecule has 1 heterocycles. The molecule has 3 heteroatoms. The zero-order valence-electron chi connectivity index (χ0n) is 11.3. The number of rotatable bonds is 8. The topological polar surface area (TPSA) is 30.5 Å². The molecule has 0 amide bonds. The normalized spacial score (nSPS) is 29.1. The van der Waals surface area contributed by atoms with Crippen LogP contribution in [0.3, 0.4) is 0 Å². The maximum Gasteiger partial charge on any atom is 0.0813 e. The van der Waals surface area contributed by atoms with Gasteiger partial charge in [-0.2, -0.15) is 0 Å². The van der Waals surface area contributed by atoms with E-state index in [4.69, 9.17) is 9.47 Å². The molecule has 2 unspecified atom stereocenters. The molecule has 2 fully saturated rings. The summed E-state index contributed by atoms with van der Waals surface area (Å²) >= 11 is 0. The van der Waals surface area contributed by atoms with E-state index < -0.39 is 0 Å². The third kappa shape index (κ3) is 5.36. The summed E-state index contributed by atoms with van der Waals surface area (Å²) in [7, 11) is 0. The highest BCUT2D eigenvalue weighted by atomic mass is 16.5. The zero-order chi connectivity index (χ0) is 12.1. The highest BCUT2D eigenvalue weighted by Gasteiger charge is 2.25. The van der Waals surface area contributed by atoms with Crippen LogP contribution >= 0.6 is 0 Å². The van der Waals surface area contributed by atoms with Crippen molar-refractivity contribution in [2.24, 2.45) is 5.92 Å². The van der Waals surface area contributed by atoms with Crippen molar-refractivity contribution in [1.82, 2.24) is 5.32 Å². The predicted octanol–water partition coefficient (Wildman–Crippen LogP) is 2.35. The first-order valence-corrected chi connectivity index (χ1v) is 7.20. The van der Waals surface area contributed by atoms with Crippen LogP contribution in [0.15, 0.2) is 0 Å². The number of hydrogen-bond acceptors (Lipinski definition) is 3. The highest BCUT2D eigenvalue weighted by Crippen LogP contribution is 2.32. The predicted molar refractivity (Wildman–Crippen MR) is 69.2 cm³/mol. The van der Waals surface area contributed by atoms with Crippen LogP contribution in [0.25, 0.3) is 0 Å². The van der Waals surface area contributed by atoms with Crippen molar-refractivity contribution in [2.75, 3.05) is 19.8 Å². The van der Waals surface area contributed by atoms with Crippen LogP contribution in [0.5, 0.6) is 0 Å². The second-order valence-electron chi connectivity index (χ2n) is 5.83. The van der Waals surface area contributed by atoms with E-state index in [0.717, 1.165) is 32.1 Å². The van der Waals surface area contributed by atoms with Crippen molar-refractivity contribution in [1.29, 1.82) is 0 Å².